The number of aromatic nitrogens is 1. The van der Waals surface area contributed by atoms with E-state index >= 15 is 0 Å². The second-order valence-corrected chi connectivity index (χ2v) is 9.49. The summed E-state index contributed by atoms with van der Waals surface area (Å²) in [7, 11) is -3.32. The molecule has 0 radical (unpaired) electrons. The molecule has 2 heterocycles. The standard InChI is InChI=1S/C21H29N3O3S/c1-4-24-17(2)14-20(18(24)3)21(25)15-22-10-12-23(13-11-22)28(26,27)16-19-8-6-5-7-9-19/h5-9,14H,4,10-13,15-16H2,1-3H3/p+1. The number of benzene rings is 1. The fraction of sp³-hybridized carbons (Fsp3) is 0.476. The molecular weight excluding hydrogens is 374 g/mol. The first kappa shape index (κ1) is 20.8. The first-order valence-corrected chi connectivity index (χ1v) is 11.5. The number of ketones is 1. The van der Waals surface area contributed by atoms with Crippen LogP contribution >= 0.6 is 0 Å². The van der Waals surface area contributed by atoms with Crippen molar-refractivity contribution in [1.82, 2.24) is 8.87 Å². The zero-order valence-corrected chi connectivity index (χ0v) is 17.8. The Morgan fingerprint density at radius 1 is 1.11 bits per heavy atom. The molecule has 1 aliphatic heterocycles. The number of nitrogens with one attached hydrogen (secondary N) is 1. The average Bonchev–Trinajstić information content (AvgIpc) is 2.96. The zero-order chi connectivity index (χ0) is 20.3. The third-order valence-electron chi connectivity index (χ3n) is 5.62. The van der Waals surface area contributed by atoms with E-state index in [1.807, 2.05) is 50.2 Å². The molecule has 1 fully saturated rings. The highest BCUT2D eigenvalue weighted by Crippen LogP contribution is 2.15. The second-order valence-electron chi connectivity index (χ2n) is 7.52. The van der Waals surface area contributed by atoms with Gasteiger partial charge in [0.2, 0.25) is 15.8 Å². The van der Waals surface area contributed by atoms with Crippen molar-refractivity contribution >= 4 is 15.8 Å². The predicted octanol–water partition coefficient (Wildman–Crippen LogP) is 1.04. The van der Waals surface area contributed by atoms with E-state index in [0.29, 0.717) is 32.7 Å². The molecule has 0 amide bonds. The summed E-state index contributed by atoms with van der Waals surface area (Å²) >= 11 is 0. The Hall–Kier alpha value is -1.96. The van der Waals surface area contributed by atoms with Crippen molar-refractivity contribution in [3.8, 4) is 0 Å². The Balaban J connectivity index is 1.57. The molecule has 28 heavy (non-hydrogen) atoms. The first-order valence-electron chi connectivity index (χ1n) is 9.87. The van der Waals surface area contributed by atoms with Gasteiger partial charge in [-0.2, -0.15) is 4.31 Å². The van der Waals surface area contributed by atoms with E-state index in [2.05, 4.69) is 11.5 Å². The highest BCUT2D eigenvalue weighted by Gasteiger charge is 2.30. The number of carbonyl (C=O) groups is 1. The number of quaternary nitrogens is 1. The summed E-state index contributed by atoms with van der Waals surface area (Å²) in [5, 5.41) is 0. The van der Waals surface area contributed by atoms with Crippen LogP contribution in [0.25, 0.3) is 0 Å². The minimum atomic E-state index is -3.32. The van der Waals surface area contributed by atoms with E-state index in [9.17, 15) is 13.2 Å². The molecule has 1 aliphatic rings. The minimum absolute atomic E-state index is 0.0328. The number of hydrogen-bond donors (Lipinski definition) is 1. The predicted molar refractivity (Wildman–Crippen MR) is 110 cm³/mol. The van der Waals surface area contributed by atoms with Gasteiger partial charge >= 0.3 is 0 Å². The Labute approximate surface area is 167 Å². The van der Waals surface area contributed by atoms with Gasteiger partial charge < -0.3 is 9.47 Å². The smallest absolute Gasteiger partial charge is 0.218 e. The molecule has 0 bridgehead atoms. The lowest BCUT2D eigenvalue weighted by Crippen LogP contribution is -3.15. The molecule has 1 aromatic heterocycles. The monoisotopic (exact) mass is 404 g/mol. The summed E-state index contributed by atoms with van der Waals surface area (Å²) < 4.78 is 29.1. The van der Waals surface area contributed by atoms with Crippen LogP contribution in [0.3, 0.4) is 0 Å². The molecule has 3 rings (SSSR count). The maximum atomic E-state index is 12.8. The Morgan fingerprint density at radius 2 is 1.75 bits per heavy atom. The fourth-order valence-electron chi connectivity index (χ4n) is 4.03. The van der Waals surface area contributed by atoms with Crippen molar-refractivity contribution in [3.05, 3.63) is 58.9 Å². The van der Waals surface area contributed by atoms with Crippen LogP contribution in [-0.2, 0) is 22.3 Å². The van der Waals surface area contributed by atoms with E-state index in [1.54, 1.807) is 4.31 Å². The van der Waals surface area contributed by atoms with E-state index in [1.165, 1.54) is 0 Å². The number of Topliss-reactive ketones (excluding diaryl/α,β-unsaturated/α-hetero) is 1. The largest absolute Gasteiger partial charge is 0.349 e. The molecular formula is C21H30N3O3S+. The summed E-state index contributed by atoms with van der Waals surface area (Å²) in [6.45, 7) is 9.62. The molecule has 1 aromatic carbocycles. The lowest BCUT2D eigenvalue weighted by molar-refractivity contribution is -0.895. The van der Waals surface area contributed by atoms with Gasteiger partial charge in [0.25, 0.3) is 0 Å². The number of hydrogen-bond acceptors (Lipinski definition) is 3. The molecule has 0 aliphatic carbocycles. The van der Waals surface area contributed by atoms with E-state index in [-0.39, 0.29) is 11.5 Å². The van der Waals surface area contributed by atoms with Crippen LogP contribution < -0.4 is 4.90 Å². The maximum absolute atomic E-state index is 12.8. The van der Waals surface area contributed by atoms with Crippen LogP contribution in [0.5, 0.6) is 0 Å². The average molecular weight is 405 g/mol. The second kappa shape index (κ2) is 8.59. The maximum Gasteiger partial charge on any atom is 0.218 e. The van der Waals surface area contributed by atoms with Gasteiger partial charge in [0, 0.05) is 23.5 Å². The van der Waals surface area contributed by atoms with Crippen molar-refractivity contribution in [2.24, 2.45) is 0 Å². The van der Waals surface area contributed by atoms with Crippen molar-refractivity contribution in [2.45, 2.75) is 33.1 Å². The fourth-order valence-corrected chi connectivity index (χ4v) is 5.56. The number of piperazine rings is 1. The van der Waals surface area contributed by atoms with Crippen LogP contribution in [0.4, 0.5) is 0 Å². The molecule has 6 nitrogen and oxygen atoms in total. The highest BCUT2D eigenvalue weighted by atomic mass is 32.2. The molecule has 7 heteroatoms. The Kier molecular flexibility index (Phi) is 6.37. The van der Waals surface area contributed by atoms with Crippen molar-refractivity contribution in [2.75, 3.05) is 32.7 Å². The Bertz CT molecular complexity index is 927. The lowest BCUT2D eigenvalue weighted by atomic mass is 10.1. The van der Waals surface area contributed by atoms with Gasteiger partial charge in [-0.15, -0.1) is 0 Å². The topological polar surface area (TPSA) is 63.8 Å². The third-order valence-corrected chi connectivity index (χ3v) is 7.47. The van der Waals surface area contributed by atoms with Crippen molar-refractivity contribution in [1.29, 1.82) is 0 Å². The van der Waals surface area contributed by atoms with Gasteiger partial charge in [-0.25, -0.2) is 8.42 Å². The van der Waals surface area contributed by atoms with Crippen LogP contribution in [-0.4, -0.2) is 55.8 Å². The number of aryl methyl sites for hydroxylation is 1. The van der Waals surface area contributed by atoms with E-state index in [4.69, 9.17) is 0 Å². The zero-order valence-electron chi connectivity index (χ0n) is 16.9. The van der Waals surface area contributed by atoms with Crippen LogP contribution in [0.1, 0.15) is 34.2 Å². The summed E-state index contributed by atoms with van der Waals surface area (Å²) in [6.07, 6.45) is 0. The molecule has 0 atom stereocenters. The summed E-state index contributed by atoms with van der Waals surface area (Å²) in [6, 6.07) is 11.2. The number of sulfonamides is 1. The van der Waals surface area contributed by atoms with E-state index in [0.717, 1.165) is 34.0 Å². The summed E-state index contributed by atoms with van der Waals surface area (Å²) in [4.78, 5) is 13.9. The van der Waals surface area contributed by atoms with Crippen molar-refractivity contribution in [3.63, 3.8) is 0 Å². The SMILES string of the molecule is CCn1c(C)cc(C(=O)C[NH+]2CCN(S(=O)(=O)Cc3ccccc3)CC2)c1C. The molecule has 0 spiro atoms. The number of carbonyl (C=O) groups excluding carboxylic acids is 1. The van der Waals surface area contributed by atoms with Gasteiger partial charge in [-0.3, -0.25) is 4.79 Å². The molecule has 1 N–H and O–H groups in total. The van der Waals surface area contributed by atoms with Crippen LogP contribution in [0.15, 0.2) is 36.4 Å². The third kappa shape index (κ3) is 4.54. The Morgan fingerprint density at radius 3 is 2.32 bits per heavy atom. The van der Waals surface area contributed by atoms with Crippen molar-refractivity contribution < 1.29 is 18.1 Å². The van der Waals surface area contributed by atoms with Gasteiger partial charge in [0.05, 0.1) is 31.9 Å². The first-order chi connectivity index (χ1) is 13.3. The minimum Gasteiger partial charge on any atom is -0.349 e. The molecule has 0 saturated carbocycles. The quantitative estimate of drug-likeness (QED) is 0.702. The number of nitrogens with zero attached hydrogens (tertiary/aromatic N) is 2. The normalized spacial score (nSPS) is 16.4. The number of rotatable bonds is 7. The van der Waals surface area contributed by atoms with Gasteiger partial charge in [0.15, 0.2) is 0 Å². The summed E-state index contributed by atoms with van der Waals surface area (Å²) in [5.41, 5.74) is 3.73. The molecule has 1 saturated heterocycles. The van der Waals surface area contributed by atoms with Gasteiger partial charge in [0.1, 0.15) is 6.54 Å². The van der Waals surface area contributed by atoms with Gasteiger partial charge in [-0.1, -0.05) is 30.3 Å². The molecule has 0 unspecified atom stereocenters. The summed E-state index contributed by atoms with van der Waals surface area (Å²) in [5.74, 6) is 0.175. The molecule has 152 valence electrons. The lowest BCUT2D eigenvalue weighted by Gasteiger charge is -2.31. The van der Waals surface area contributed by atoms with Crippen LogP contribution in [0, 0.1) is 13.8 Å². The van der Waals surface area contributed by atoms with E-state index < -0.39 is 10.0 Å². The van der Waals surface area contributed by atoms with Gasteiger partial charge in [-0.05, 0) is 32.4 Å². The highest BCUT2D eigenvalue weighted by molar-refractivity contribution is 7.88. The van der Waals surface area contributed by atoms with Crippen LogP contribution in [0.2, 0.25) is 0 Å². The molecule has 2 aromatic rings.